The predicted octanol–water partition coefficient (Wildman–Crippen LogP) is 2.69. The molecule has 0 spiro atoms. The lowest BCUT2D eigenvalue weighted by Gasteiger charge is -2.27. The summed E-state index contributed by atoms with van der Waals surface area (Å²) in [5.41, 5.74) is 5.58. The minimum Gasteiger partial charge on any atom is -0.393 e. The van der Waals surface area contributed by atoms with Crippen molar-refractivity contribution in [2.24, 2.45) is 11.3 Å². The van der Waals surface area contributed by atoms with Gasteiger partial charge in [-0.15, -0.1) is 0 Å². The van der Waals surface area contributed by atoms with Crippen LogP contribution in [0.5, 0.6) is 0 Å². The molecule has 0 bridgehead atoms. The molecule has 1 saturated heterocycles. The highest BCUT2D eigenvalue weighted by molar-refractivity contribution is 6.00. The van der Waals surface area contributed by atoms with Gasteiger partial charge in [-0.2, -0.15) is 0 Å². The van der Waals surface area contributed by atoms with Gasteiger partial charge in [-0.05, 0) is 29.9 Å². The summed E-state index contributed by atoms with van der Waals surface area (Å²) in [4.78, 5) is 24.8. The molecule has 1 fully saturated rings. The largest absolute Gasteiger partial charge is 0.393 e. The minimum absolute atomic E-state index is 0.0254. The molecule has 2 N–H and O–H groups in total. The molecular weight excluding hydrogens is 270 g/mol. The standard InChI is InChI=1S/C15H21N3O3/c1-15(2,3)10-7-8-17(9-10)14(19)11-5-4-6-12(16)13(11)18(20)21/h4-6,10H,7-9,16H2,1-3H3. The summed E-state index contributed by atoms with van der Waals surface area (Å²) in [5, 5.41) is 11.1. The zero-order valence-corrected chi connectivity index (χ0v) is 12.6. The Morgan fingerprint density at radius 1 is 1.43 bits per heavy atom. The smallest absolute Gasteiger partial charge is 0.304 e. The SMILES string of the molecule is CC(C)(C)C1CCN(C(=O)c2cccc(N)c2[N+](=O)[O-])C1. The van der Waals surface area contributed by atoms with Crippen LogP contribution in [0.2, 0.25) is 0 Å². The van der Waals surface area contributed by atoms with Gasteiger partial charge in [0.25, 0.3) is 5.91 Å². The van der Waals surface area contributed by atoms with Gasteiger partial charge in [0, 0.05) is 13.1 Å². The second kappa shape index (κ2) is 5.35. The van der Waals surface area contributed by atoms with E-state index >= 15 is 0 Å². The van der Waals surface area contributed by atoms with Crippen LogP contribution in [0.3, 0.4) is 0 Å². The molecule has 114 valence electrons. The van der Waals surface area contributed by atoms with Gasteiger partial charge < -0.3 is 10.6 Å². The lowest BCUT2D eigenvalue weighted by atomic mass is 9.80. The Balaban J connectivity index is 2.27. The van der Waals surface area contributed by atoms with Crippen molar-refractivity contribution in [1.29, 1.82) is 0 Å². The van der Waals surface area contributed by atoms with E-state index in [4.69, 9.17) is 5.73 Å². The molecule has 21 heavy (non-hydrogen) atoms. The lowest BCUT2D eigenvalue weighted by molar-refractivity contribution is -0.384. The molecule has 6 nitrogen and oxygen atoms in total. The molecule has 0 radical (unpaired) electrons. The van der Waals surface area contributed by atoms with E-state index in [1.165, 1.54) is 12.1 Å². The second-order valence-corrected chi connectivity index (χ2v) is 6.60. The summed E-state index contributed by atoms with van der Waals surface area (Å²) in [6.07, 6.45) is 0.922. The van der Waals surface area contributed by atoms with Crippen LogP contribution in [0, 0.1) is 21.4 Å². The van der Waals surface area contributed by atoms with Crippen molar-refractivity contribution >= 4 is 17.3 Å². The normalized spacial score (nSPS) is 18.8. The van der Waals surface area contributed by atoms with Crippen LogP contribution in [-0.4, -0.2) is 28.8 Å². The number of hydrogen-bond donors (Lipinski definition) is 1. The number of carbonyl (C=O) groups excluding carboxylic acids is 1. The Kier molecular flexibility index (Phi) is 3.89. The van der Waals surface area contributed by atoms with E-state index in [9.17, 15) is 14.9 Å². The highest BCUT2D eigenvalue weighted by Crippen LogP contribution is 2.35. The average molecular weight is 291 g/mol. The van der Waals surface area contributed by atoms with E-state index in [1.807, 2.05) is 0 Å². The minimum atomic E-state index is -0.583. The number of hydrogen-bond acceptors (Lipinski definition) is 4. The average Bonchev–Trinajstić information content (AvgIpc) is 2.86. The predicted molar refractivity (Wildman–Crippen MR) is 81.0 cm³/mol. The fourth-order valence-electron chi connectivity index (χ4n) is 2.76. The molecule has 1 aliphatic heterocycles. The monoisotopic (exact) mass is 291 g/mol. The Morgan fingerprint density at radius 3 is 2.62 bits per heavy atom. The Bertz CT molecular complexity index is 578. The molecule has 0 aromatic heterocycles. The molecule has 1 atom stereocenters. The first-order valence-electron chi connectivity index (χ1n) is 7.04. The first-order valence-corrected chi connectivity index (χ1v) is 7.04. The van der Waals surface area contributed by atoms with Gasteiger partial charge in [-0.25, -0.2) is 0 Å². The summed E-state index contributed by atoms with van der Waals surface area (Å²) in [6, 6.07) is 4.49. The van der Waals surface area contributed by atoms with Crippen LogP contribution in [0.1, 0.15) is 37.6 Å². The third-order valence-corrected chi connectivity index (χ3v) is 4.18. The Hall–Kier alpha value is -2.11. The lowest BCUT2D eigenvalue weighted by Crippen LogP contribution is -2.31. The summed E-state index contributed by atoms with van der Waals surface area (Å²) < 4.78 is 0. The Labute approximate surface area is 124 Å². The third kappa shape index (κ3) is 2.99. The van der Waals surface area contributed by atoms with E-state index in [1.54, 1.807) is 11.0 Å². The van der Waals surface area contributed by atoms with Crippen LogP contribution in [-0.2, 0) is 0 Å². The van der Waals surface area contributed by atoms with Crippen LogP contribution in [0.25, 0.3) is 0 Å². The van der Waals surface area contributed by atoms with Gasteiger partial charge in [0.1, 0.15) is 11.3 Å². The van der Waals surface area contributed by atoms with Gasteiger partial charge in [0.05, 0.1) is 4.92 Å². The number of benzene rings is 1. The number of para-hydroxylation sites is 1. The number of carbonyl (C=O) groups is 1. The number of rotatable bonds is 2. The highest BCUT2D eigenvalue weighted by Gasteiger charge is 2.36. The number of nitrogen functional groups attached to an aromatic ring is 1. The molecule has 1 aromatic rings. The fourth-order valence-corrected chi connectivity index (χ4v) is 2.76. The van der Waals surface area contributed by atoms with Gasteiger partial charge in [-0.3, -0.25) is 14.9 Å². The number of nitrogens with zero attached hydrogens (tertiary/aromatic N) is 2. The van der Waals surface area contributed by atoms with Crippen LogP contribution in [0.15, 0.2) is 18.2 Å². The van der Waals surface area contributed by atoms with E-state index < -0.39 is 4.92 Å². The van der Waals surface area contributed by atoms with Gasteiger partial charge >= 0.3 is 5.69 Å². The molecule has 2 rings (SSSR count). The first kappa shape index (κ1) is 15.3. The highest BCUT2D eigenvalue weighted by atomic mass is 16.6. The molecule has 1 unspecified atom stereocenters. The topological polar surface area (TPSA) is 89.5 Å². The van der Waals surface area contributed by atoms with E-state index in [0.717, 1.165) is 6.42 Å². The van der Waals surface area contributed by atoms with Crippen molar-refractivity contribution < 1.29 is 9.72 Å². The number of nitrogens with two attached hydrogens (primary N) is 1. The van der Waals surface area contributed by atoms with Gasteiger partial charge in [0.15, 0.2) is 0 Å². The quantitative estimate of drug-likeness (QED) is 0.515. The molecule has 1 aliphatic rings. The summed E-state index contributed by atoms with van der Waals surface area (Å²) in [6.45, 7) is 7.71. The van der Waals surface area contributed by atoms with Crippen molar-refractivity contribution in [3.05, 3.63) is 33.9 Å². The molecule has 1 heterocycles. The fraction of sp³-hybridized carbons (Fsp3) is 0.533. The summed E-state index contributed by atoms with van der Waals surface area (Å²) in [7, 11) is 0. The number of nitro groups is 1. The Morgan fingerprint density at radius 2 is 2.10 bits per heavy atom. The second-order valence-electron chi connectivity index (χ2n) is 6.60. The summed E-state index contributed by atoms with van der Waals surface area (Å²) in [5.74, 6) is 0.0994. The molecule has 6 heteroatoms. The number of amides is 1. The van der Waals surface area contributed by atoms with Crippen LogP contribution in [0.4, 0.5) is 11.4 Å². The summed E-state index contributed by atoms with van der Waals surface area (Å²) >= 11 is 0. The maximum absolute atomic E-state index is 12.6. The van der Waals surface area contributed by atoms with E-state index in [0.29, 0.717) is 19.0 Å². The van der Waals surface area contributed by atoms with Crippen molar-refractivity contribution in [2.75, 3.05) is 18.8 Å². The van der Waals surface area contributed by atoms with Crippen LogP contribution >= 0.6 is 0 Å². The number of likely N-dealkylation sites (tertiary alicyclic amines) is 1. The van der Waals surface area contributed by atoms with E-state index in [-0.39, 0.29) is 28.3 Å². The zero-order valence-electron chi connectivity index (χ0n) is 12.6. The number of anilines is 1. The van der Waals surface area contributed by atoms with Crippen LogP contribution < -0.4 is 5.73 Å². The number of nitro benzene ring substituents is 1. The maximum Gasteiger partial charge on any atom is 0.304 e. The van der Waals surface area contributed by atoms with Crippen molar-refractivity contribution in [1.82, 2.24) is 4.90 Å². The third-order valence-electron chi connectivity index (χ3n) is 4.18. The first-order chi connectivity index (χ1) is 9.71. The zero-order chi connectivity index (χ0) is 15.8. The molecule has 1 amide bonds. The van der Waals surface area contributed by atoms with Crippen molar-refractivity contribution in [3.63, 3.8) is 0 Å². The van der Waals surface area contributed by atoms with Crippen molar-refractivity contribution in [2.45, 2.75) is 27.2 Å². The van der Waals surface area contributed by atoms with Crippen molar-refractivity contribution in [3.8, 4) is 0 Å². The molecule has 0 saturated carbocycles. The van der Waals surface area contributed by atoms with Gasteiger partial charge in [-0.1, -0.05) is 26.8 Å². The molecular formula is C15H21N3O3. The molecule has 1 aromatic carbocycles. The molecule has 0 aliphatic carbocycles. The van der Waals surface area contributed by atoms with Gasteiger partial charge in [0.2, 0.25) is 0 Å². The van der Waals surface area contributed by atoms with E-state index in [2.05, 4.69) is 20.8 Å². The maximum atomic E-state index is 12.6.